The number of rotatable bonds is 12. The minimum absolute atomic E-state index is 0.00283. The molecule has 0 bridgehead atoms. The number of nitrogens with one attached hydrogen (secondary N) is 1. The summed E-state index contributed by atoms with van der Waals surface area (Å²) in [4.78, 5) is 27.8. The van der Waals surface area contributed by atoms with Crippen LogP contribution in [0.5, 0.6) is 0 Å². The summed E-state index contributed by atoms with van der Waals surface area (Å²) in [5, 5.41) is 3.46. The number of carbonyl (C=O) groups excluding carboxylic acids is 2. The highest BCUT2D eigenvalue weighted by atomic mass is 35.5. The van der Waals surface area contributed by atoms with Crippen LogP contribution in [0, 0.1) is 6.92 Å². The lowest BCUT2D eigenvalue weighted by Gasteiger charge is -2.30. The zero-order valence-corrected chi connectivity index (χ0v) is 22.7. The van der Waals surface area contributed by atoms with Crippen LogP contribution in [0.4, 0.5) is 5.69 Å². The van der Waals surface area contributed by atoms with Crippen LogP contribution in [0.15, 0.2) is 48.5 Å². The number of sulfonamides is 1. The lowest BCUT2D eigenvalue weighted by atomic mass is 10.1. The second kappa shape index (κ2) is 12.9. The van der Waals surface area contributed by atoms with E-state index >= 15 is 0 Å². The number of benzene rings is 2. The summed E-state index contributed by atoms with van der Waals surface area (Å²) in [5.74, 6) is -0.412. The molecule has 0 aliphatic rings. The van der Waals surface area contributed by atoms with Gasteiger partial charge in [0.1, 0.15) is 6.04 Å². The van der Waals surface area contributed by atoms with Crippen LogP contribution in [0.1, 0.15) is 51.2 Å². The largest absolute Gasteiger partial charge is 0.352 e. The van der Waals surface area contributed by atoms with E-state index in [1.54, 1.807) is 36.1 Å². The second-order valence-electron chi connectivity index (χ2n) is 8.86. The Morgan fingerprint density at radius 2 is 1.69 bits per heavy atom. The van der Waals surface area contributed by atoms with Crippen molar-refractivity contribution < 1.29 is 18.0 Å². The van der Waals surface area contributed by atoms with Crippen molar-refractivity contribution in [1.82, 2.24) is 10.2 Å². The summed E-state index contributed by atoms with van der Waals surface area (Å²) in [6, 6.07) is 13.6. The van der Waals surface area contributed by atoms with Gasteiger partial charge in [-0.05, 0) is 69.0 Å². The summed E-state index contributed by atoms with van der Waals surface area (Å²) < 4.78 is 26.0. The zero-order chi connectivity index (χ0) is 26.2. The first-order chi connectivity index (χ1) is 16.4. The van der Waals surface area contributed by atoms with Gasteiger partial charge >= 0.3 is 0 Å². The lowest BCUT2D eigenvalue weighted by molar-refractivity contribution is -0.140. The SMILES string of the molecule is CC[C@H](C)NC(=O)[C@H](C)N(Cc1ccccc1C)C(=O)CCCN(c1ccc(Cl)cc1)S(C)(=O)=O. The Balaban J connectivity index is 2.18. The molecule has 7 nitrogen and oxygen atoms in total. The molecule has 9 heteroatoms. The van der Waals surface area contributed by atoms with Crippen molar-refractivity contribution in [3.05, 3.63) is 64.7 Å². The van der Waals surface area contributed by atoms with Crippen molar-refractivity contribution in [2.24, 2.45) is 0 Å². The van der Waals surface area contributed by atoms with Gasteiger partial charge in [0.25, 0.3) is 0 Å². The smallest absolute Gasteiger partial charge is 0.242 e. The molecule has 192 valence electrons. The molecule has 0 heterocycles. The van der Waals surface area contributed by atoms with Crippen molar-refractivity contribution in [3.8, 4) is 0 Å². The van der Waals surface area contributed by atoms with E-state index in [1.807, 2.05) is 45.0 Å². The van der Waals surface area contributed by atoms with Gasteiger partial charge in [0.15, 0.2) is 0 Å². The third kappa shape index (κ3) is 8.54. The van der Waals surface area contributed by atoms with Crippen LogP contribution in [-0.2, 0) is 26.2 Å². The first kappa shape index (κ1) is 28.7. The van der Waals surface area contributed by atoms with Gasteiger partial charge in [0.2, 0.25) is 21.8 Å². The summed E-state index contributed by atoms with van der Waals surface area (Å²) in [6.45, 7) is 8.04. The number of anilines is 1. The normalized spacial score (nSPS) is 13.1. The fourth-order valence-corrected chi connectivity index (χ4v) is 4.72. The van der Waals surface area contributed by atoms with E-state index in [-0.39, 0.29) is 30.8 Å². The number of nitrogens with zero attached hydrogens (tertiary/aromatic N) is 2. The van der Waals surface area contributed by atoms with E-state index in [4.69, 9.17) is 11.6 Å². The summed E-state index contributed by atoms with van der Waals surface area (Å²) in [6.07, 6.45) is 2.33. The number of carbonyl (C=O) groups is 2. The number of aryl methyl sites for hydroxylation is 1. The maximum Gasteiger partial charge on any atom is 0.242 e. The van der Waals surface area contributed by atoms with Crippen molar-refractivity contribution >= 4 is 39.1 Å². The van der Waals surface area contributed by atoms with Gasteiger partial charge in [-0.3, -0.25) is 13.9 Å². The standard InChI is InChI=1S/C26H36ClN3O4S/c1-6-20(3)28-26(32)21(4)29(18-22-11-8-7-10-19(22)2)25(31)12-9-17-30(35(5,33)34)24-15-13-23(27)14-16-24/h7-8,10-11,13-16,20-21H,6,9,12,17-18H2,1-5H3,(H,28,32)/t20-,21-/m0/s1. The van der Waals surface area contributed by atoms with Gasteiger partial charge in [-0.25, -0.2) is 8.42 Å². The van der Waals surface area contributed by atoms with E-state index in [9.17, 15) is 18.0 Å². The van der Waals surface area contributed by atoms with Crippen LogP contribution >= 0.6 is 11.6 Å². The summed E-state index contributed by atoms with van der Waals surface area (Å²) in [7, 11) is -3.55. The Morgan fingerprint density at radius 3 is 2.26 bits per heavy atom. The molecule has 0 fully saturated rings. The third-order valence-electron chi connectivity index (χ3n) is 6.04. The molecule has 1 N–H and O–H groups in total. The van der Waals surface area contributed by atoms with Gasteiger partial charge in [-0.15, -0.1) is 0 Å². The maximum atomic E-state index is 13.3. The van der Waals surface area contributed by atoms with Crippen molar-refractivity contribution in [1.29, 1.82) is 0 Å². The molecule has 0 aliphatic heterocycles. The van der Waals surface area contributed by atoms with Crippen LogP contribution < -0.4 is 9.62 Å². The molecular weight excluding hydrogens is 486 g/mol. The number of amides is 2. The first-order valence-corrected chi connectivity index (χ1v) is 14.0. The summed E-state index contributed by atoms with van der Waals surface area (Å²) in [5.41, 5.74) is 2.48. The Labute approximate surface area is 214 Å². The number of hydrogen-bond donors (Lipinski definition) is 1. The van der Waals surface area contributed by atoms with Crippen molar-refractivity contribution in [2.75, 3.05) is 17.1 Å². The van der Waals surface area contributed by atoms with Crippen LogP contribution in [0.25, 0.3) is 0 Å². The predicted octanol–water partition coefficient (Wildman–Crippen LogP) is 4.53. The Bertz CT molecular complexity index is 1110. The highest BCUT2D eigenvalue weighted by Gasteiger charge is 2.27. The Hall–Kier alpha value is -2.58. The van der Waals surface area contributed by atoms with Gasteiger partial charge in [-0.2, -0.15) is 0 Å². The minimum Gasteiger partial charge on any atom is -0.352 e. The van der Waals surface area contributed by atoms with Gasteiger partial charge in [-0.1, -0.05) is 42.8 Å². The van der Waals surface area contributed by atoms with E-state index in [0.29, 0.717) is 23.7 Å². The van der Waals surface area contributed by atoms with E-state index in [0.717, 1.165) is 23.8 Å². The fraction of sp³-hybridized carbons (Fsp3) is 0.462. The van der Waals surface area contributed by atoms with Gasteiger partial charge in [0, 0.05) is 30.6 Å². The zero-order valence-electron chi connectivity index (χ0n) is 21.1. The average Bonchev–Trinajstić information content (AvgIpc) is 2.80. The van der Waals surface area contributed by atoms with Crippen LogP contribution in [-0.4, -0.2) is 50.0 Å². The minimum atomic E-state index is -3.55. The Morgan fingerprint density at radius 1 is 1.06 bits per heavy atom. The molecular formula is C26H36ClN3O4S. The highest BCUT2D eigenvalue weighted by molar-refractivity contribution is 7.92. The second-order valence-corrected chi connectivity index (χ2v) is 11.2. The molecule has 0 radical (unpaired) electrons. The topological polar surface area (TPSA) is 86.8 Å². The third-order valence-corrected chi connectivity index (χ3v) is 7.48. The maximum absolute atomic E-state index is 13.3. The molecule has 0 unspecified atom stereocenters. The highest BCUT2D eigenvalue weighted by Crippen LogP contribution is 2.22. The van der Waals surface area contributed by atoms with E-state index < -0.39 is 16.1 Å². The number of halogens is 1. The monoisotopic (exact) mass is 521 g/mol. The molecule has 0 aliphatic carbocycles. The molecule has 2 atom stereocenters. The molecule has 2 amide bonds. The average molecular weight is 522 g/mol. The predicted molar refractivity (Wildman–Crippen MR) is 142 cm³/mol. The van der Waals surface area contributed by atoms with E-state index in [2.05, 4.69) is 5.32 Å². The molecule has 0 spiro atoms. The van der Waals surface area contributed by atoms with Crippen molar-refractivity contribution in [3.63, 3.8) is 0 Å². The molecule has 0 aromatic heterocycles. The van der Waals surface area contributed by atoms with Crippen LogP contribution in [0.3, 0.4) is 0 Å². The molecule has 0 saturated carbocycles. The van der Waals surface area contributed by atoms with E-state index in [1.165, 1.54) is 4.31 Å². The van der Waals surface area contributed by atoms with Crippen LogP contribution in [0.2, 0.25) is 5.02 Å². The first-order valence-electron chi connectivity index (χ1n) is 11.8. The number of hydrogen-bond acceptors (Lipinski definition) is 4. The fourth-order valence-electron chi connectivity index (χ4n) is 3.63. The lowest BCUT2D eigenvalue weighted by Crippen LogP contribution is -2.49. The molecule has 2 rings (SSSR count). The molecule has 0 saturated heterocycles. The Kier molecular flexibility index (Phi) is 10.6. The summed E-state index contributed by atoms with van der Waals surface area (Å²) >= 11 is 5.93. The quantitative estimate of drug-likeness (QED) is 0.444. The van der Waals surface area contributed by atoms with Gasteiger partial charge in [0.05, 0.1) is 11.9 Å². The molecule has 2 aromatic carbocycles. The van der Waals surface area contributed by atoms with Crippen molar-refractivity contribution in [2.45, 2.75) is 65.6 Å². The molecule has 2 aromatic rings. The molecule has 35 heavy (non-hydrogen) atoms. The van der Waals surface area contributed by atoms with Gasteiger partial charge < -0.3 is 10.2 Å².